The average Bonchev–Trinajstić information content (AvgIpc) is 2.97. The molecule has 1 aliphatic rings. The van der Waals surface area contributed by atoms with Crippen molar-refractivity contribution in [1.29, 1.82) is 0 Å². The molecule has 1 amide bonds. The van der Waals surface area contributed by atoms with Gasteiger partial charge in [0.05, 0.1) is 0 Å². The third-order valence-corrected chi connectivity index (χ3v) is 6.27. The van der Waals surface area contributed by atoms with Crippen LogP contribution in [0.25, 0.3) is 0 Å². The van der Waals surface area contributed by atoms with E-state index in [0.717, 1.165) is 37.9 Å². The Kier molecular flexibility index (Phi) is 14.2. The molecule has 4 N–H and O–H groups in total. The molecule has 0 saturated carbocycles. The molecule has 2 unspecified atom stereocenters. The number of carboxylic acid groups (broad SMARTS) is 1. The number of carbonyl (C=O) groups is 3. The molecule has 0 aromatic heterocycles. The highest BCUT2D eigenvalue weighted by molar-refractivity contribution is 5.85. The first-order valence-corrected chi connectivity index (χ1v) is 11.5. The van der Waals surface area contributed by atoms with Crippen LogP contribution >= 0.6 is 24.8 Å². The molecule has 1 aromatic rings. The molecule has 0 aliphatic carbocycles. The van der Waals surface area contributed by atoms with Gasteiger partial charge in [0, 0.05) is 12.0 Å². The van der Waals surface area contributed by atoms with Crippen molar-refractivity contribution in [2.75, 3.05) is 26.7 Å². The second kappa shape index (κ2) is 15.1. The number of amides is 1. The highest BCUT2D eigenvalue weighted by Crippen LogP contribution is 2.37. The molecule has 0 spiro atoms. The van der Waals surface area contributed by atoms with Gasteiger partial charge >= 0.3 is 18.0 Å². The number of carboxylic acids is 1. The van der Waals surface area contributed by atoms with Crippen LogP contribution in [-0.4, -0.2) is 66.9 Å². The van der Waals surface area contributed by atoms with Crippen LogP contribution in [0.5, 0.6) is 5.75 Å². The van der Waals surface area contributed by atoms with Crippen LogP contribution in [0.4, 0.5) is 4.79 Å². The maximum Gasteiger partial charge on any atom is 0.413 e. The minimum atomic E-state index is -1.33. The molecule has 1 saturated heterocycles. The lowest BCUT2D eigenvalue weighted by atomic mass is 9.74. The first-order chi connectivity index (χ1) is 15.6. The molecule has 2 rings (SSSR count). The summed E-state index contributed by atoms with van der Waals surface area (Å²) in [4.78, 5) is 38.1. The van der Waals surface area contributed by atoms with Crippen LogP contribution < -0.4 is 15.8 Å². The van der Waals surface area contributed by atoms with Crippen LogP contribution in [0, 0.1) is 5.92 Å². The molecule has 9 nitrogen and oxygen atoms in total. The van der Waals surface area contributed by atoms with E-state index in [4.69, 9.17) is 20.3 Å². The van der Waals surface area contributed by atoms with Gasteiger partial charge in [-0.3, -0.25) is 4.79 Å². The topological polar surface area (TPSA) is 131 Å². The summed E-state index contributed by atoms with van der Waals surface area (Å²) in [6.07, 6.45) is 3.58. The molecular weight excluding hydrogens is 497 g/mol. The fourth-order valence-corrected chi connectivity index (χ4v) is 4.23. The first-order valence-electron chi connectivity index (χ1n) is 11.5. The van der Waals surface area contributed by atoms with E-state index in [9.17, 15) is 14.4 Å². The molecular formula is C24H39Cl2N3O6. The van der Waals surface area contributed by atoms with Gasteiger partial charge < -0.3 is 30.5 Å². The summed E-state index contributed by atoms with van der Waals surface area (Å²) in [5.74, 6) is -1.95. The van der Waals surface area contributed by atoms with Crippen molar-refractivity contribution in [3.05, 3.63) is 29.8 Å². The molecule has 1 aliphatic heterocycles. The Balaban J connectivity index is 0.00000578. The number of esters is 1. The van der Waals surface area contributed by atoms with Gasteiger partial charge in [0.25, 0.3) is 0 Å². The Morgan fingerprint density at radius 2 is 1.91 bits per heavy atom. The molecule has 35 heavy (non-hydrogen) atoms. The maximum absolute atomic E-state index is 12.6. The van der Waals surface area contributed by atoms with Crippen LogP contribution in [-0.2, 0) is 19.7 Å². The standard InChI is InChI=1S/C24H37N3O6.2ClH/c1-5-24(11-6-7-12-27(4)15-24)17-9-8-10-18(13-17)33-23(31)26-20(16(2)3)22(30)32-14-19(25)21(28)29;;/h8-10,13,16,19-20H,5-7,11-12,14-15,25H2,1-4H3,(H,26,31)(H,28,29);2*1H/t19-,20?,24?;;/m0../s1. The van der Waals surface area contributed by atoms with E-state index in [0.29, 0.717) is 5.75 Å². The van der Waals surface area contributed by atoms with E-state index in [2.05, 4.69) is 30.3 Å². The maximum atomic E-state index is 12.6. The van der Waals surface area contributed by atoms with E-state index in [1.165, 1.54) is 6.42 Å². The summed E-state index contributed by atoms with van der Waals surface area (Å²) in [5, 5.41) is 11.4. The minimum Gasteiger partial charge on any atom is -0.480 e. The summed E-state index contributed by atoms with van der Waals surface area (Å²) in [7, 11) is 2.14. The normalized spacial score (nSPS) is 19.8. The highest BCUT2D eigenvalue weighted by atomic mass is 35.5. The number of aliphatic carboxylic acids is 1. The molecule has 1 fully saturated rings. The van der Waals surface area contributed by atoms with E-state index >= 15 is 0 Å². The Morgan fingerprint density at radius 1 is 1.23 bits per heavy atom. The zero-order valence-corrected chi connectivity index (χ0v) is 22.5. The van der Waals surface area contributed by atoms with E-state index in [1.54, 1.807) is 19.9 Å². The van der Waals surface area contributed by atoms with Gasteiger partial charge in [-0.2, -0.15) is 0 Å². The number of benzene rings is 1. The SMILES string of the molecule is CCC1(c2cccc(OC(=O)NC(C(=O)OC[C@H](N)C(=O)O)C(C)C)c2)CCCCN(C)C1.Cl.Cl. The van der Waals surface area contributed by atoms with Crippen LogP contribution in [0.3, 0.4) is 0 Å². The third-order valence-electron chi connectivity index (χ3n) is 6.27. The summed E-state index contributed by atoms with van der Waals surface area (Å²) in [6, 6.07) is 5.23. The van der Waals surface area contributed by atoms with Crippen molar-refractivity contribution in [2.24, 2.45) is 11.7 Å². The lowest BCUT2D eigenvalue weighted by molar-refractivity contribution is -0.150. The van der Waals surface area contributed by atoms with Gasteiger partial charge in [-0.25, -0.2) is 9.59 Å². The number of nitrogens with two attached hydrogens (primary N) is 1. The predicted molar refractivity (Wildman–Crippen MR) is 139 cm³/mol. The summed E-state index contributed by atoms with van der Waals surface area (Å²) in [5.41, 5.74) is 6.49. The summed E-state index contributed by atoms with van der Waals surface area (Å²) >= 11 is 0. The molecule has 200 valence electrons. The number of rotatable bonds is 9. The number of likely N-dealkylation sites (N-methyl/N-ethyl adjacent to an activating group) is 1. The predicted octanol–water partition coefficient (Wildman–Crippen LogP) is 3.36. The first kappa shape index (κ1) is 32.9. The number of nitrogens with one attached hydrogen (secondary N) is 1. The number of hydrogen-bond donors (Lipinski definition) is 3. The molecule has 1 heterocycles. The minimum absolute atomic E-state index is 0. The Bertz CT molecular complexity index is 841. The van der Waals surface area contributed by atoms with Gasteiger partial charge in [0.1, 0.15) is 24.4 Å². The number of carbonyl (C=O) groups excluding carboxylic acids is 2. The van der Waals surface area contributed by atoms with Crippen molar-refractivity contribution in [2.45, 2.75) is 64.0 Å². The van der Waals surface area contributed by atoms with Gasteiger partial charge in [-0.1, -0.05) is 39.3 Å². The fraction of sp³-hybridized carbons (Fsp3) is 0.625. The Labute approximate surface area is 219 Å². The fourth-order valence-electron chi connectivity index (χ4n) is 4.23. The Morgan fingerprint density at radius 3 is 2.51 bits per heavy atom. The third kappa shape index (κ3) is 9.48. The second-order valence-electron chi connectivity index (χ2n) is 9.19. The van der Waals surface area contributed by atoms with Gasteiger partial charge in [-0.05, 0) is 56.5 Å². The van der Waals surface area contributed by atoms with E-state index < -0.39 is 36.7 Å². The van der Waals surface area contributed by atoms with Crippen LogP contribution in [0.2, 0.25) is 0 Å². The second-order valence-corrected chi connectivity index (χ2v) is 9.19. The van der Waals surface area contributed by atoms with Gasteiger partial charge in [0.15, 0.2) is 0 Å². The van der Waals surface area contributed by atoms with Crippen LogP contribution in [0.15, 0.2) is 24.3 Å². The smallest absolute Gasteiger partial charge is 0.413 e. The summed E-state index contributed by atoms with van der Waals surface area (Å²) in [6.45, 7) is 7.19. The molecule has 3 atom stereocenters. The van der Waals surface area contributed by atoms with Crippen LogP contribution in [0.1, 0.15) is 52.0 Å². The molecule has 11 heteroatoms. The summed E-state index contributed by atoms with van der Waals surface area (Å²) < 4.78 is 10.5. The zero-order valence-electron chi connectivity index (χ0n) is 20.8. The van der Waals surface area contributed by atoms with Gasteiger partial charge in [-0.15, -0.1) is 24.8 Å². The number of hydrogen-bond acceptors (Lipinski definition) is 7. The van der Waals surface area contributed by atoms with E-state index in [-0.39, 0.29) is 36.1 Å². The lowest BCUT2D eigenvalue weighted by Crippen LogP contribution is -2.47. The zero-order chi connectivity index (χ0) is 24.6. The van der Waals surface area contributed by atoms with Crippen molar-refractivity contribution >= 4 is 42.8 Å². The van der Waals surface area contributed by atoms with E-state index in [1.807, 2.05) is 12.1 Å². The number of ether oxygens (including phenoxy) is 2. The van der Waals surface area contributed by atoms with Crippen molar-refractivity contribution in [3.63, 3.8) is 0 Å². The quantitative estimate of drug-likeness (QED) is 0.410. The van der Waals surface area contributed by atoms with Gasteiger partial charge in [0.2, 0.25) is 0 Å². The monoisotopic (exact) mass is 535 g/mol. The average molecular weight is 536 g/mol. The van der Waals surface area contributed by atoms with Crippen molar-refractivity contribution < 1.29 is 29.0 Å². The number of halogens is 2. The Hall–Kier alpha value is -2.07. The lowest BCUT2D eigenvalue weighted by Gasteiger charge is -2.35. The number of nitrogens with zero attached hydrogens (tertiary/aromatic N) is 1. The molecule has 0 bridgehead atoms. The highest BCUT2D eigenvalue weighted by Gasteiger charge is 2.33. The molecule has 1 aromatic carbocycles. The number of likely N-dealkylation sites (tertiary alicyclic amines) is 1. The van der Waals surface area contributed by atoms with Crippen molar-refractivity contribution in [1.82, 2.24) is 10.2 Å². The largest absolute Gasteiger partial charge is 0.480 e. The molecule has 0 radical (unpaired) electrons. The van der Waals surface area contributed by atoms with Crippen molar-refractivity contribution in [3.8, 4) is 5.75 Å².